The topological polar surface area (TPSA) is 47.3 Å². The molecule has 0 saturated carbocycles. The van der Waals surface area contributed by atoms with Crippen LogP contribution in [0, 0.1) is 13.8 Å². The van der Waals surface area contributed by atoms with Crippen LogP contribution >= 0.6 is 11.6 Å². The van der Waals surface area contributed by atoms with Crippen LogP contribution in [0.25, 0.3) is 11.0 Å². The zero-order valence-corrected chi connectivity index (χ0v) is 17.2. The van der Waals surface area contributed by atoms with Gasteiger partial charge in [0, 0.05) is 5.02 Å². The van der Waals surface area contributed by atoms with E-state index in [1.807, 2.05) is 42.5 Å². The van der Waals surface area contributed by atoms with Crippen LogP contribution in [0.15, 0.2) is 66.7 Å². The van der Waals surface area contributed by atoms with Gasteiger partial charge in [-0.15, -0.1) is 0 Å². The molecule has 0 aliphatic heterocycles. The second-order valence-corrected chi connectivity index (χ2v) is 7.60. The van der Waals surface area contributed by atoms with Crippen molar-refractivity contribution in [3.63, 3.8) is 0 Å². The Morgan fingerprint density at radius 2 is 1.69 bits per heavy atom. The number of imidazole rings is 1. The molecule has 1 atom stereocenters. The molecular weight excluding hydrogens is 384 g/mol. The molecule has 0 amide bonds. The average molecular weight is 407 g/mol. The Hall–Kier alpha value is -2.82. The summed E-state index contributed by atoms with van der Waals surface area (Å²) in [5.74, 6) is 1.38. The summed E-state index contributed by atoms with van der Waals surface area (Å²) in [4.78, 5) is 4.77. The van der Waals surface area contributed by atoms with E-state index in [4.69, 9.17) is 21.3 Å². The van der Waals surface area contributed by atoms with Crippen molar-refractivity contribution < 1.29 is 9.84 Å². The Bertz CT molecular complexity index is 1120. The highest BCUT2D eigenvalue weighted by Crippen LogP contribution is 2.27. The van der Waals surface area contributed by atoms with Crippen LogP contribution in [0.1, 0.15) is 28.6 Å². The number of aliphatic hydroxyl groups excluding tert-OH is 1. The van der Waals surface area contributed by atoms with Crippen LogP contribution in [0.5, 0.6) is 5.75 Å². The van der Waals surface area contributed by atoms with Gasteiger partial charge in [0.25, 0.3) is 0 Å². The Morgan fingerprint density at radius 1 is 1.00 bits per heavy atom. The molecule has 0 spiro atoms. The largest absolute Gasteiger partial charge is 0.492 e. The lowest BCUT2D eigenvalue weighted by Gasteiger charge is -2.15. The van der Waals surface area contributed by atoms with E-state index in [1.165, 1.54) is 11.1 Å². The zero-order chi connectivity index (χ0) is 20.4. The van der Waals surface area contributed by atoms with Gasteiger partial charge in [0.1, 0.15) is 24.3 Å². The standard InChI is InChI=1S/C24H23ClN2O2/c1-16-14-21-22(15-17(16)2)27(12-13-29-20-10-8-19(25)9-11-20)24(26-21)23(28)18-6-4-3-5-7-18/h3-11,14-15,23,28H,12-13H2,1-2H3. The smallest absolute Gasteiger partial charge is 0.143 e. The number of aryl methyl sites for hydroxylation is 2. The van der Waals surface area contributed by atoms with Gasteiger partial charge >= 0.3 is 0 Å². The van der Waals surface area contributed by atoms with Crippen molar-refractivity contribution >= 4 is 22.6 Å². The van der Waals surface area contributed by atoms with Crippen LogP contribution in [0.4, 0.5) is 0 Å². The highest BCUT2D eigenvalue weighted by atomic mass is 35.5. The minimum atomic E-state index is -0.806. The number of benzene rings is 3. The van der Waals surface area contributed by atoms with E-state index in [9.17, 15) is 5.11 Å². The second-order valence-electron chi connectivity index (χ2n) is 7.16. The number of hydrogen-bond acceptors (Lipinski definition) is 3. The normalized spacial score (nSPS) is 12.3. The third-order valence-corrected chi connectivity index (χ3v) is 5.40. The van der Waals surface area contributed by atoms with Crippen LogP contribution in [-0.4, -0.2) is 21.3 Å². The molecule has 0 aliphatic rings. The lowest BCUT2D eigenvalue weighted by Crippen LogP contribution is -2.14. The van der Waals surface area contributed by atoms with Crippen molar-refractivity contribution in [2.75, 3.05) is 6.61 Å². The fraction of sp³-hybridized carbons (Fsp3) is 0.208. The number of rotatable bonds is 6. The second kappa shape index (κ2) is 8.27. The molecule has 0 radical (unpaired) electrons. The van der Waals surface area contributed by atoms with Crippen molar-refractivity contribution in [3.05, 3.63) is 94.3 Å². The van der Waals surface area contributed by atoms with Crippen molar-refractivity contribution in [1.82, 2.24) is 9.55 Å². The van der Waals surface area contributed by atoms with Crippen LogP contribution < -0.4 is 4.74 Å². The first-order valence-electron chi connectivity index (χ1n) is 9.61. The molecule has 1 heterocycles. The van der Waals surface area contributed by atoms with Crippen molar-refractivity contribution in [1.29, 1.82) is 0 Å². The van der Waals surface area contributed by atoms with E-state index in [-0.39, 0.29) is 0 Å². The molecule has 1 N–H and O–H groups in total. The zero-order valence-electron chi connectivity index (χ0n) is 16.5. The number of fused-ring (bicyclic) bond motifs is 1. The lowest BCUT2D eigenvalue weighted by molar-refractivity contribution is 0.201. The number of nitrogens with zero attached hydrogens (tertiary/aromatic N) is 2. The molecule has 4 aromatic rings. The Balaban J connectivity index is 1.67. The van der Waals surface area contributed by atoms with Crippen LogP contribution in [0.3, 0.4) is 0 Å². The Morgan fingerprint density at radius 3 is 2.41 bits per heavy atom. The van der Waals surface area contributed by atoms with Gasteiger partial charge in [0.05, 0.1) is 17.6 Å². The lowest BCUT2D eigenvalue weighted by atomic mass is 10.1. The molecular formula is C24H23ClN2O2. The highest BCUT2D eigenvalue weighted by Gasteiger charge is 2.20. The summed E-state index contributed by atoms with van der Waals surface area (Å²) >= 11 is 5.94. The van der Waals surface area contributed by atoms with Crippen LogP contribution in [-0.2, 0) is 6.54 Å². The van der Waals surface area contributed by atoms with Gasteiger partial charge in [0.2, 0.25) is 0 Å². The Labute approximate surface area is 175 Å². The first kappa shape index (κ1) is 19.5. The summed E-state index contributed by atoms with van der Waals surface area (Å²) in [6.45, 7) is 5.18. The molecule has 1 aromatic heterocycles. The van der Waals surface area contributed by atoms with Gasteiger partial charge in [-0.2, -0.15) is 0 Å². The Kier molecular flexibility index (Phi) is 5.56. The van der Waals surface area contributed by atoms with E-state index < -0.39 is 6.10 Å². The maximum atomic E-state index is 11.0. The summed E-state index contributed by atoms with van der Waals surface area (Å²) in [5, 5.41) is 11.7. The third-order valence-electron chi connectivity index (χ3n) is 5.15. The number of aliphatic hydroxyl groups is 1. The fourth-order valence-electron chi connectivity index (χ4n) is 3.41. The minimum absolute atomic E-state index is 0.453. The van der Waals surface area contributed by atoms with E-state index in [0.29, 0.717) is 24.0 Å². The molecule has 148 valence electrons. The van der Waals surface area contributed by atoms with Crippen LogP contribution in [0.2, 0.25) is 5.02 Å². The first-order valence-corrected chi connectivity index (χ1v) is 9.99. The number of halogens is 1. The van der Waals surface area contributed by atoms with Crippen molar-refractivity contribution in [2.45, 2.75) is 26.5 Å². The summed E-state index contributed by atoms with van der Waals surface area (Å²) in [6.07, 6.45) is -0.806. The number of hydrogen-bond donors (Lipinski definition) is 1. The molecule has 29 heavy (non-hydrogen) atoms. The van der Waals surface area contributed by atoms with E-state index in [1.54, 1.807) is 12.1 Å². The minimum Gasteiger partial charge on any atom is -0.492 e. The van der Waals surface area contributed by atoms with Gasteiger partial charge in [-0.1, -0.05) is 41.9 Å². The third kappa shape index (κ3) is 4.14. The van der Waals surface area contributed by atoms with Gasteiger partial charge in [-0.3, -0.25) is 0 Å². The van der Waals surface area contributed by atoms with Gasteiger partial charge in [0.15, 0.2) is 0 Å². The summed E-state index contributed by atoms with van der Waals surface area (Å²) in [6, 6.07) is 21.1. The molecule has 0 bridgehead atoms. The first-order chi connectivity index (χ1) is 14.0. The molecule has 4 rings (SSSR count). The summed E-state index contributed by atoms with van der Waals surface area (Å²) in [7, 11) is 0. The quantitative estimate of drug-likeness (QED) is 0.462. The maximum Gasteiger partial charge on any atom is 0.143 e. The van der Waals surface area contributed by atoms with Gasteiger partial charge in [-0.25, -0.2) is 4.98 Å². The number of ether oxygens (including phenoxy) is 1. The molecule has 0 fully saturated rings. The fourth-order valence-corrected chi connectivity index (χ4v) is 3.54. The molecule has 1 unspecified atom stereocenters. The summed E-state index contributed by atoms with van der Waals surface area (Å²) in [5.41, 5.74) is 5.07. The van der Waals surface area contributed by atoms with E-state index >= 15 is 0 Å². The molecule has 5 heteroatoms. The van der Waals surface area contributed by atoms with Gasteiger partial charge < -0.3 is 14.4 Å². The molecule has 4 nitrogen and oxygen atoms in total. The molecule has 0 aliphatic carbocycles. The molecule has 0 saturated heterocycles. The highest BCUT2D eigenvalue weighted by molar-refractivity contribution is 6.30. The van der Waals surface area contributed by atoms with E-state index in [0.717, 1.165) is 22.3 Å². The van der Waals surface area contributed by atoms with Gasteiger partial charge in [-0.05, 0) is 66.9 Å². The SMILES string of the molecule is Cc1cc2nc(C(O)c3ccccc3)n(CCOc3ccc(Cl)cc3)c2cc1C. The maximum absolute atomic E-state index is 11.0. The summed E-state index contributed by atoms with van der Waals surface area (Å²) < 4.78 is 7.94. The monoisotopic (exact) mass is 406 g/mol. The molecule has 3 aromatic carbocycles. The average Bonchev–Trinajstić information content (AvgIpc) is 3.07. The van der Waals surface area contributed by atoms with E-state index in [2.05, 4.69) is 30.5 Å². The predicted octanol–water partition coefficient (Wildman–Crippen LogP) is 5.47. The predicted molar refractivity (Wildman–Crippen MR) is 117 cm³/mol. The van der Waals surface area contributed by atoms with Crippen molar-refractivity contribution in [2.24, 2.45) is 0 Å². The number of aromatic nitrogens is 2. The van der Waals surface area contributed by atoms with Crippen molar-refractivity contribution in [3.8, 4) is 5.75 Å².